The maximum atomic E-state index is 12.4. The summed E-state index contributed by atoms with van der Waals surface area (Å²) in [4.78, 5) is 12.4. The highest BCUT2D eigenvalue weighted by atomic mass is 16.5. The van der Waals surface area contributed by atoms with Crippen LogP contribution in [0, 0.1) is 0 Å². The minimum Gasteiger partial charge on any atom is -0.493 e. The third-order valence-corrected chi connectivity index (χ3v) is 3.76. The number of hydrogen-bond acceptors (Lipinski definition) is 4. The van der Waals surface area contributed by atoms with Gasteiger partial charge >= 0.3 is 0 Å². The summed E-state index contributed by atoms with van der Waals surface area (Å²) < 4.78 is 12.3. The van der Waals surface area contributed by atoms with Crippen molar-refractivity contribution in [2.24, 2.45) is 0 Å². The highest BCUT2D eigenvalue weighted by Gasteiger charge is 2.09. The lowest BCUT2D eigenvalue weighted by Gasteiger charge is -2.11. The van der Waals surface area contributed by atoms with Crippen LogP contribution < -0.4 is 14.8 Å². The molecule has 1 heterocycles. The van der Waals surface area contributed by atoms with Gasteiger partial charge in [-0.25, -0.2) is 0 Å². The number of benzene rings is 2. The summed E-state index contributed by atoms with van der Waals surface area (Å²) in [5, 5.41) is 7.03. The molecule has 0 atom stereocenters. The van der Waals surface area contributed by atoms with E-state index in [1.165, 1.54) is 0 Å². The van der Waals surface area contributed by atoms with E-state index in [0.29, 0.717) is 29.3 Å². The van der Waals surface area contributed by atoms with E-state index in [4.69, 9.17) is 9.47 Å². The molecule has 0 unspecified atom stereocenters. The molecule has 2 aromatic carbocycles. The summed E-state index contributed by atoms with van der Waals surface area (Å²) >= 11 is 0. The van der Waals surface area contributed by atoms with Crippen LogP contribution in [0.3, 0.4) is 0 Å². The first-order valence-electron chi connectivity index (χ1n) is 7.79. The number of rotatable bonds is 6. The Balaban J connectivity index is 1.68. The minimum atomic E-state index is -0.183. The molecule has 0 spiro atoms. The number of aromatic nitrogens is 2. The van der Waals surface area contributed by atoms with E-state index in [9.17, 15) is 4.79 Å². The van der Waals surface area contributed by atoms with Gasteiger partial charge < -0.3 is 14.8 Å². The summed E-state index contributed by atoms with van der Waals surface area (Å²) in [6.07, 6.45) is 3.64. The summed E-state index contributed by atoms with van der Waals surface area (Å²) in [6, 6.07) is 14.6. The molecule has 0 fully saturated rings. The van der Waals surface area contributed by atoms with E-state index in [2.05, 4.69) is 10.4 Å². The summed E-state index contributed by atoms with van der Waals surface area (Å²) in [5.41, 5.74) is 2.30. The van der Waals surface area contributed by atoms with Crippen molar-refractivity contribution in [3.05, 3.63) is 72.1 Å². The third-order valence-electron chi connectivity index (χ3n) is 3.76. The van der Waals surface area contributed by atoms with Gasteiger partial charge in [0.2, 0.25) is 0 Å². The third kappa shape index (κ3) is 3.98. The summed E-state index contributed by atoms with van der Waals surface area (Å²) in [7, 11) is 3.13. The SMILES string of the molecule is COc1ccc(NC(=O)c2ccc(Cn3cccn3)cc2)cc1OC. The number of anilines is 1. The molecule has 6 heteroatoms. The van der Waals surface area contributed by atoms with E-state index in [-0.39, 0.29) is 5.91 Å². The van der Waals surface area contributed by atoms with E-state index >= 15 is 0 Å². The Labute approximate surface area is 146 Å². The second-order valence-corrected chi connectivity index (χ2v) is 5.42. The largest absolute Gasteiger partial charge is 0.493 e. The Morgan fingerprint density at radius 2 is 1.84 bits per heavy atom. The maximum absolute atomic E-state index is 12.4. The van der Waals surface area contributed by atoms with Crippen molar-refractivity contribution in [2.45, 2.75) is 6.54 Å². The molecular weight excluding hydrogens is 318 g/mol. The quantitative estimate of drug-likeness (QED) is 0.750. The smallest absolute Gasteiger partial charge is 0.255 e. The van der Waals surface area contributed by atoms with Gasteiger partial charge in [-0.05, 0) is 35.9 Å². The van der Waals surface area contributed by atoms with Gasteiger partial charge in [0.05, 0.1) is 20.8 Å². The van der Waals surface area contributed by atoms with Crippen molar-refractivity contribution in [2.75, 3.05) is 19.5 Å². The van der Waals surface area contributed by atoms with Crippen LogP contribution in [0.25, 0.3) is 0 Å². The topological polar surface area (TPSA) is 65.4 Å². The lowest BCUT2D eigenvalue weighted by Crippen LogP contribution is -2.12. The number of carbonyl (C=O) groups excluding carboxylic acids is 1. The maximum Gasteiger partial charge on any atom is 0.255 e. The second kappa shape index (κ2) is 7.53. The van der Waals surface area contributed by atoms with Gasteiger partial charge in [0.15, 0.2) is 11.5 Å². The zero-order valence-corrected chi connectivity index (χ0v) is 14.1. The molecular formula is C19H19N3O3. The fraction of sp³-hybridized carbons (Fsp3) is 0.158. The van der Waals surface area contributed by atoms with Crippen molar-refractivity contribution in [1.82, 2.24) is 9.78 Å². The van der Waals surface area contributed by atoms with Crippen LogP contribution in [0.2, 0.25) is 0 Å². The minimum absolute atomic E-state index is 0.183. The molecule has 25 heavy (non-hydrogen) atoms. The molecule has 0 saturated carbocycles. The Morgan fingerprint density at radius 3 is 2.48 bits per heavy atom. The van der Waals surface area contributed by atoms with Gasteiger partial charge in [-0.1, -0.05) is 12.1 Å². The molecule has 0 bridgehead atoms. The number of nitrogens with one attached hydrogen (secondary N) is 1. The molecule has 1 N–H and O–H groups in total. The molecule has 128 valence electrons. The molecule has 0 saturated heterocycles. The lowest BCUT2D eigenvalue weighted by molar-refractivity contribution is 0.102. The predicted octanol–water partition coefficient (Wildman–Crippen LogP) is 3.20. The van der Waals surface area contributed by atoms with Crippen molar-refractivity contribution >= 4 is 11.6 Å². The van der Waals surface area contributed by atoms with Gasteiger partial charge in [-0.2, -0.15) is 5.10 Å². The summed E-state index contributed by atoms with van der Waals surface area (Å²) in [5.74, 6) is 0.996. The molecule has 0 aliphatic carbocycles. The van der Waals surface area contributed by atoms with Gasteiger partial charge in [-0.15, -0.1) is 0 Å². The molecule has 3 aromatic rings. The van der Waals surface area contributed by atoms with Crippen molar-refractivity contribution in [3.8, 4) is 11.5 Å². The van der Waals surface area contributed by atoms with Crippen molar-refractivity contribution in [1.29, 1.82) is 0 Å². The van der Waals surface area contributed by atoms with E-state index in [1.54, 1.807) is 50.7 Å². The summed E-state index contributed by atoms with van der Waals surface area (Å²) in [6.45, 7) is 0.671. The highest BCUT2D eigenvalue weighted by molar-refractivity contribution is 6.04. The Bertz CT molecular complexity index is 843. The van der Waals surface area contributed by atoms with Crippen LogP contribution in [0.1, 0.15) is 15.9 Å². The van der Waals surface area contributed by atoms with Crippen LogP contribution in [-0.2, 0) is 6.54 Å². The lowest BCUT2D eigenvalue weighted by atomic mass is 10.1. The average molecular weight is 337 g/mol. The number of methoxy groups -OCH3 is 2. The zero-order chi connectivity index (χ0) is 17.6. The molecule has 1 aromatic heterocycles. The number of hydrogen-bond donors (Lipinski definition) is 1. The second-order valence-electron chi connectivity index (χ2n) is 5.42. The van der Waals surface area contributed by atoms with Crippen molar-refractivity contribution in [3.63, 3.8) is 0 Å². The molecule has 0 aliphatic heterocycles. The molecule has 0 aliphatic rings. The molecule has 6 nitrogen and oxygen atoms in total. The van der Waals surface area contributed by atoms with E-state index < -0.39 is 0 Å². The number of carbonyl (C=O) groups is 1. The van der Waals surface area contributed by atoms with E-state index in [0.717, 1.165) is 5.56 Å². The normalized spacial score (nSPS) is 10.3. The van der Waals surface area contributed by atoms with Crippen LogP contribution in [0.5, 0.6) is 11.5 Å². The highest BCUT2D eigenvalue weighted by Crippen LogP contribution is 2.29. The number of nitrogens with zero attached hydrogens (tertiary/aromatic N) is 2. The van der Waals surface area contributed by atoms with Gasteiger partial charge in [0, 0.05) is 29.7 Å². The van der Waals surface area contributed by atoms with Gasteiger partial charge in [0.25, 0.3) is 5.91 Å². The Kier molecular flexibility index (Phi) is 4.99. The fourth-order valence-corrected chi connectivity index (χ4v) is 2.46. The Morgan fingerprint density at radius 1 is 1.08 bits per heavy atom. The van der Waals surface area contributed by atoms with Crippen LogP contribution in [0.15, 0.2) is 60.9 Å². The molecule has 3 rings (SSSR count). The van der Waals surface area contributed by atoms with Crippen LogP contribution in [0.4, 0.5) is 5.69 Å². The molecule has 1 amide bonds. The molecule has 0 radical (unpaired) electrons. The van der Waals surface area contributed by atoms with Gasteiger partial charge in [0.1, 0.15) is 0 Å². The van der Waals surface area contributed by atoms with Crippen molar-refractivity contribution < 1.29 is 14.3 Å². The van der Waals surface area contributed by atoms with Gasteiger partial charge in [-0.3, -0.25) is 9.48 Å². The zero-order valence-electron chi connectivity index (χ0n) is 14.1. The first-order valence-corrected chi connectivity index (χ1v) is 7.79. The average Bonchev–Trinajstić information content (AvgIpc) is 3.15. The van der Waals surface area contributed by atoms with E-state index in [1.807, 2.05) is 29.1 Å². The standard InChI is InChI=1S/C19H19N3O3/c1-24-17-9-8-16(12-18(17)25-2)21-19(23)15-6-4-14(5-7-15)13-22-11-3-10-20-22/h3-12H,13H2,1-2H3,(H,21,23). The van der Waals surface area contributed by atoms with Crippen LogP contribution in [-0.4, -0.2) is 29.9 Å². The first kappa shape index (κ1) is 16.6. The monoisotopic (exact) mass is 337 g/mol. The first-order chi connectivity index (χ1) is 12.2. The predicted molar refractivity (Wildman–Crippen MR) is 95.3 cm³/mol. The Hall–Kier alpha value is -3.28. The fourth-order valence-electron chi connectivity index (χ4n) is 2.46. The number of ether oxygens (including phenoxy) is 2. The van der Waals surface area contributed by atoms with Crippen LogP contribution >= 0.6 is 0 Å². The number of amides is 1.